The normalized spacial score (nSPS) is 20.6. The highest BCUT2D eigenvalue weighted by Crippen LogP contribution is 2.43. The van der Waals surface area contributed by atoms with E-state index in [4.69, 9.17) is 5.73 Å². The van der Waals surface area contributed by atoms with Crippen molar-refractivity contribution in [2.45, 2.75) is 49.7 Å². The van der Waals surface area contributed by atoms with Crippen LogP contribution in [0.3, 0.4) is 0 Å². The zero-order valence-corrected chi connectivity index (χ0v) is 12.4. The van der Waals surface area contributed by atoms with Crippen LogP contribution in [0, 0.1) is 5.92 Å². The maximum Gasteiger partial charge on any atom is 0.0314 e. The molecule has 0 heterocycles. The van der Waals surface area contributed by atoms with Crippen LogP contribution < -0.4 is 5.73 Å². The summed E-state index contributed by atoms with van der Waals surface area (Å²) in [6.45, 7) is 6.98. The molecule has 18 heavy (non-hydrogen) atoms. The Kier molecular flexibility index (Phi) is 4.06. The van der Waals surface area contributed by atoms with Crippen molar-refractivity contribution < 1.29 is 0 Å². The van der Waals surface area contributed by atoms with Gasteiger partial charge in [0.1, 0.15) is 0 Å². The largest absolute Gasteiger partial charge is 0.399 e. The van der Waals surface area contributed by atoms with Gasteiger partial charge in [0.15, 0.2) is 0 Å². The predicted molar refractivity (Wildman–Crippen MR) is 81.9 cm³/mol. The second-order valence-corrected chi connectivity index (χ2v) is 7.52. The molecule has 1 atom stereocenters. The van der Waals surface area contributed by atoms with Crippen LogP contribution >= 0.6 is 11.8 Å². The van der Waals surface area contributed by atoms with Gasteiger partial charge >= 0.3 is 0 Å². The Morgan fingerprint density at radius 3 is 2.44 bits per heavy atom. The number of anilines is 1. The summed E-state index contributed by atoms with van der Waals surface area (Å²) in [7, 11) is 0. The molecule has 0 saturated carbocycles. The Morgan fingerprint density at radius 2 is 1.89 bits per heavy atom. The number of hydrogen-bond acceptors (Lipinski definition) is 2. The molecule has 0 saturated heterocycles. The minimum absolute atomic E-state index is 0.285. The van der Waals surface area contributed by atoms with Crippen molar-refractivity contribution in [2.75, 3.05) is 5.73 Å². The van der Waals surface area contributed by atoms with Crippen molar-refractivity contribution in [1.29, 1.82) is 0 Å². The average Bonchev–Trinajstić information content (AvgIpc) is 2.32. The lowest BCUT2D eigenvalue weighted by atomic mass is 9.82. The number of thioether (sulfide) groups is 1. The van der Waals surface area contributed by atoms with Crippen LogP contribution in [-0.4, -0.2) is 4.75 Å². The van der Waals surface area contributed by atoms with E-state index in [-0.39, 0.29) is 4.75 Å². The van der Waals surface area contributed by atoms with E-state index in [1.54, 1.807) is 5.57 Å². The SMILES string of the molecule is CC1=CCC(C(C)(C)Sc2ccc(N)cc2)CC1. The van der Waals surface area contributed by atoms with Gasteiger partial charge in [-0.25, -0.2) is 0 Å². The van der Waals surface area contributed by atoms with Gasteiger partial charge in [0.25, 0.3) is 0 Å². The fourth-order valence-corrected chi connectivity index (χ4v) is 3.78. The van der Waals surface area contributed by atoms with E-state index in [1.807, 2.05) is 23.9 Å². The monoisotopic (exact) mass is 261 g/mol. The maximum atomic E-state index is 5.73. The lowest BCUT2D eigenvalue weighted by molar-refractivity contribution is 0.384. The van der Waals surface area contributed by atoms with Crippen molar-refractivity contribution in [3.63, 3.8) is 0 Å². The number of nitrogens with two attached hydrogens (primary N) is 1. The number of allylic oxidation sites excluding steroid dienone is 2. The second kappa shape index (κ2) is 5.40. The first-order chi connectivity index (χ1) is 8.47. The fourth-order valence-electron chi connectivity index (χ4n) is 2.52. The molecule has 0 spiro atoms. The second-order valence-electron chi connectivity index (χ2n) is 5.80. The topological polar surface area (TPSA) is 26.0 Å². The number of rotatable bonds is 3. The molecular weight excluding hydrogens is 238 g/mol. The number of nitrogen functional groups attached to an aromatic ring is 1. The molecule has 2 N–H and O–H groups in total. The molecule has 2 rings (SSSR count). The minimum atomic E-state index is 0.285. The van der Waals surface area contributed by atoms with Crippen LogP contribution in [0.25, 0.3) is 0 Å². The van der Waals surface area contributed by atoms with E-state index in [1.165, 1.54) is 24.2 Å². The Bertz CT molecular complexity index is 431. The highest BCUT2D eigenvalue weighted by Gasteiger charge is 2.31. The van der Waals surface area contributed by atoms with Gasteiger partial charge in [-0.3, -0.25) is 0 Å². The van der Waals surface area contributed by atoms with Crippen molar-refractivity contribution in [1.82, 2.24) is 0 Å². The molecule has 1 aromatic carbocycles. The van der Waals surface area contributed by atoms with Crippen molar-refractivity contribution in [3.8, 4) is 0 Å². The van der Waals surface area contributed by atoms with Crippen LogP contribution in [0.5, 0.6) is 0 Å². The molecule has 0 fully saturated rings. The molecule has 1 aromatic rings. The molecule has 0 radical (unpaired) electrons. The van der Waals surface area contributed by atoms with Crippen LogP contribution in [0.4, 0.5) is 5.69 Å². The zero-order valence-electron chi connectivity index (χ0n) is 11.6. The van der Waals surface area contributed by atoms with Crippen LogP contribution in [0.1, 0.15) is 40.0 Å². The van der Waals surface area contributed by atoms with Gasteiger partial charge in [-0.2, -0.15) is 0 Å². The Labute approximate surface area is 115 Å². The molecule has 1 unspecified atom stereocenters. The summed E-state index contributed by atoms with van der Waals surface area (Å²) in [4.78, 5) is 1.32. The molecule has 0 bridgehead atoms. The molecular formula is C16H23NS. The first kappa shape index (κ1) is 13.5. The summed E-state index contributed by atoms with van der Waals surface area (Å²) in [5.74, 6) is 0.767. The van der Waals surface area contributed by atoms with Crippen molar-refractivity contribution in [3.05, 3.63) is 35.9 Å². The maximum absolute atomic E-state index is 5.73. The van der Waals surface area contributed by atoms with E-state index in [0.717, 1.165) is 11.6 Å². The summed E-state index contributed by atoms with van der Waals surface area (Å²) in [6, 6.07) is 8.24. The molecule has 1 nitrogen and oxygen atoms in total. The minimum Gasteiger partial charge on any atom is -0.399 e. The molecule has 0 aromatic heterocycles. The van der Waals surface area contributed by atoms with Gasteiger partial charge in [0.2, 0.25) is 0 Å². The summed E-state index contributed by atoms with van der Waals surface area (Å²) in [5.41, 5.74) is 8.13. The first-order valence-electron chi connectivity index (χ1n) is 6.67. The van der Waals surface area contributed by atoms with Crippen LogP contribution in [0.15, 0.2) is 40.8 Å². The van der Waals surface area contributed by atoms with E-state index in [0.29, 0.717) is 0 Å². The average molecular weight is 261 g/mol. The van der Waals surface area contributed by atoms with Gasteiger partial charge in [-0.15, -0.1) is 11.8 Å². The van der Waals surface area contributed by atoms with Gasteiger partial charge in [0.05, 0.1) is 0 Å². The molecule has 1 aliphatic carbocycles. The molecule has 98 valence electrons. The number of hydrogen-bond donors (Lipinski definition) is 1. The Morgan fingerprint density at radius 1 is 1.22 bits per heavy atom. The van der Waals surface area contributed by atoms with Gasteiger partial charge in [-0.1, -0.05) is 25.5 Å². The summed E-state index contributed by atoms with van der Waals surface area (Å²) in [6.07, 6.45) is 6.22. The Balaban J connectivity index is 2.05. The molecule has 0 amide bonds. The molecule has 2 heteroatoms. The van der Waals surface area contributed by atoms with E-state index in [9.17, 15) is 0 Å². The molecule has 1 aliphatic rings. The molecule has 0 aliphatic heterocycles. The summed E-state index contributed by atoms with van der Waals surface area (Å²) < 4.78 is 0.285. The quantitative estimate of drug-likeness (QED) is 0.476. The van der Waals surface area contributed by atoms with Gasteiger partial charge in [-0.05, 0) is 56.4 Å². The summed E-state index contributed by atoms with van der Waals surface area (Å²) in [5, 5.41) is 0. The van der Waals surface area contributed by atoms with Gasteiger partial charge in [0, 0.05) is 15.3 Å². The lowest BCUT2D eigenvalue weighted by Crippen LogP contribution is -2.28. The van der Waals surface area contributed by atoms with E-state index < -0.39 is 0 Å². The smallest absolute Gasteiger partial charge is 0.0314 e. The van der Waals surface area contributed by atoms with Crippen LogP contribution in [-0.2, 0) is 0 Å². The fraction of sp³-hybridized carbons (Fsp3) is 0.500. The first-order valence-corrected chi connectivity index (χ1v) is 7.49. The van der Waals surface area contributed by atoms with Gasteiger partial charge < -0.3 is 5.73 Å². The standard InChI is InChI=1S/C16H23NS/c1-12-4-6-13(7-5-12)16(2,3)18-15-10-8-14(17)9-11-15/h4,8-11,13H,5-7,17H2,1-3H3. The van der Waals surface area contributed by atoms with Crippen LogP contribution in [0.2, 0.25) is 0 Å². The predicted octanol–water partition coefficient (Wildman–Crippen LogP) is 4.89. The summed E-state index contributed by atoms with van der Waals surface area (Å²) >= 11 is 1.98. The third kappa shape index (κ3) is 3.32. The van der Waals surface area contributed by atoms with E-state index in [2.05, 4.69) is 39.0 Å². The van der Waals surface area contributed by atoms with Crippen molar-refractivity contribution in [2.24, 2.45) is 5.92 Å². The zero-order chi connectivity index (χ0) is 13.2. The third-order valence-electron chi connectivity index (χ3n) is 3.88. The van der Waals surface area contributed by atoms with E-state index >= 15 is 0 Å². The highest BCUT2D eigenvalue weighted by molar-refractivity contribution is 8.00. The third-order valence-corrected chi connectivity index (χ3v) is 5.25. The Hall–Kier alpha value is -0.890. The number of benzene rings is 1. The lowest BCUT2D eigenvalue weighted by Gasteiger charge is -2.35. The van der Waals surface area contributed by atoms with Crippen molar-refractivity contribution >= 4 is 17.4 Å². The highest BCUT2D eigenvalue weighted by atomic mass is 32.2.